The minimum atomic E-state index is 0.0786. The number of carbonyl (C=O) groups is 1. The van der Waals surface area contributed by atoms with Gasteiger partial charge >= 0.3 is 0 Å². The smallest absolute Gasteiger partial charge is 0.226 e. The molecule has 26 heavy (non-hydrogen) atoms. The van der Waals surface area contributed by atoms with Gasteiger partial charge in [-0.3, -0.25) is 9.69 Å². The third-order valence-corrected chi connectivity index (χ3v) is 5.60. The Morgan fingerprint density at radius 3 is 2.88 bits per heavy atom. The molecule has 140 valence electrons. The summed E-state index contributed by atoms with van der Waals surface area (Å²) in [6.45, 7) is 7.45. The van der Waals surface area contributed by atoms with Crippen molar-refractivity contribution in [1.82, 2.24) is 24.9 Å². The summed E-state index contributed by atoms with van der Waals surface area (Å²) in [7, 11) is 0. The maximum atomic E-state index is 12.2. The highest BCUT2D eigenvalue weighted by Crippen LogP contribution is 2.27. The first kappa shape index (κ1) is 17.3. The average Bonchev–Trinajstić information content (AvgIpc) is 3.15. The quantitative estimate of drug-likeness (QED) is 0.858. The molecule has 0 bridgehead atoms. The predicted octanol–water partition coefficient (Wildman–Crippen LogP) is 2.22. The van der Waals surface area contributed by atoms with Gasteiger partial charge in [-0.1, -0.05) is 11.6 Å². The number of rotatable bonds is 6. The Bertz CT molecular complexity index is 777. The fraction of sp³-hybridized carbons (Fsp3) is 0.632. The minimum absolute atomic E-state index is 0.0786. The van der Waals surface area contributed by atoms with E-state index in [2.05, 4.69) is 26.9 Å². The number of hydrogen-bond acceptors (Lipinski definition) is 5. The van der Waals surface area contributed by atoms with Gasteiger partial charge in [0.1, 0.15) is 11.6 Å². The van der Waals surface area contributed by atoms with Crippen molar-refractivity contribution in [1.29, 1.82) is 0 Å². The van der Waals surface area contributed by atoms with Crippen LogP contribution in [-0.4, -0.2) is 38.6 Å². The molecule has 0 aromatic carbocycles. The molecule has 1 atom stereocenters. The van der Waals surface area contributed by atoms with Crippen LogP contribution in [0.1, 0.15) is 55.2 Å². The summed E-state index contributed by atoms with van der Waals surface area (Å²) in [5.41, 5.74) is 1.81. The van der Waals surface area contributed by atoms with E-state index in [0.29, 0.717) is 12.3 Å². The first-order valence-corrected chi connectivity index (χ1v) is 9.57. The van der Waals surface area contributed by atoms with Crippen LogP contribution in [0, 0.1) is 12.8 Å². The minimum Gasteiger partial charge on any atom is -0.361 e. The molecule has 1 amide bonds. The first-order chi connectivity index (χ1) is 12.6. The highest BCUT2D eigenvalue weighted by Gasteiger charge is 2.27. The van der Waals surface area contributed by atoms with Gasteiger partial charge in [0.2, 0.25) is 5.91 Å². The van der Waals surface area contributed by atoms with Crippen LogP contribution in [0.25, 0.3) is 0 Å². The molecule has 3 heterocycles. The highest BCUT2D eigenvalue weighted by molar-refractivity contribution is 5.78. The Morgan fingerprint density at radius 1 is 1.35 bits per heavy atom. The molecule has 0 saturated heterocycles. The molecule has 2 aromatic rings. The van der Waals surface area contributed by atoms with E-state index < -0.39 is 0 Å². The van der Waals surface area contributed by atoms with Gasteiger partial charge in [0, 0.05) is 38.4 Å². The van der Waals surface area contributed by atoms with Gasteiger partial charge in [-0.15, -0.1) is 0 Å². The molecule has 1 fully saturated rings. The van der Waals surface area contributed by atoms with Gasteiger partial charge in [-0.05, 0) is 32.6 Å². The molecule has 7 heteroatoms. The summed E-state index contributed by atoms with van der Waals surface area (Å²) in [4.78, 5) is 19.3. The van der Waals surface area contributed by atoms with E-state index in [1.54, 1.807) is 0 Å². The summed E-state index contributed by atoms with van der Waals surface area (Å²) in [6.07, 6.45) is 6.19. The second kappa shape index (κ2) is 7.23. The van der Waals surface area contributed by atoms with E-state index in [1.807, 2.05) is 19.2 Å². The molecular weight excluding hydrogens is 330 g/mol. The number of aromatic nitrogens is 3. The Kier molecular flexibility index (Phi) is 4.80. The van der Waals surface area contributed by atoms with E-state index in [-0.39, 0.29) is 11.9 Å². The molecule has 0 spiro atoms. The van der Waals surface area contributed by atoms with Crippen molar-refractivity contribution in [3.05, 3.63) is 35.2 Å². The van der Waals surface area contributed by atoms with Gasteiger partial charge in [0.05, 0.1) is 23.9 Å². The number of carbonyl (C=O) groups excluding carboxylic acids is 1. The molecule has 4 rings (SSSR count). The lowest BCUT2D eigenvalue weighted by molar-refractivity contribution is -0.120. The fourth-order valence-electron chi connectivity index (χ4n) is 3.78. The largest absolute Gasteiger partial charge is 0.361 e. The molecule has 1 N–H and O–H groups in total. The molecule has 2 aromatic heterocycles. The van der Waals surface area contributed by atoms with Crippen LogP contribution in [0.4, 0.5) is 0 Å². The summed E-state index contributed by atoms with van der Waals surface area (Å²) < 4.78 is 7.35. The van der Waals surface area contributed by atoms with E-state index in [9.17, 15) is 4.79 Å². The molecule has 7 nitrogen and oxygen atoms in total. The molecular formula is C19H27N5O2. The van der Waals surface area contributed by atoms with Crippen molar-refractivity contribution in [3.63, 3.8) is 0 Å². The number of aryl methyl sites for hydroxylation is 1. The van der Waals surface area contributed by atoms with Crippen LogP contribution in [0.15, 0.2) is 16.8 Å². The predicted molar refractivity (Wildman–Crippen MR) is 96.3 cm³/mol. The second-order valence-electron chi connectivity index (χ2n) is 7.64. The molecule has 1 aliphatic carbocycles. The van der Waals surface area contributed by atoms with Crippen LogP contribution in [0.3, 0.4) is 0 Å². The monoisotopic (exact) mass is 357 g/mol. The third-order valence-electron chi connectivity index (χ3n) is 5.60. The van der Waals surface area contributed by atoms with Crippen molar-refractivity contribution in [2.75, 3.05) is 13.1 Å². The molecule has 0 radical (unpaired) electrons. The van der Waals surface area contributed by atoms with Crippen molar-refractivity contribution in [3.8, 4) is 0 Å². The van der Waals surface area contributed by atoms with Crippen molar-refractivity contribution < 1.29 is 9.32 Å². The normalized spacial score (nSPS) is 20.6. The number of nitrogens with one attached hydrogen (secondary N) is 1. The zero-order chi connectivity index (χ0) is 18.1. The van der Waals surface area contributed by atoms with Gasteiger partial charge in [-0.25, -0.2) is 4.98 Å². The maximum Gasteiger partial charge on any atom is 0.226 e. The lowest BCUT2D eigenvalue weighted by Crippen LogP contribution is -2.36. The van der Waals surface area contributed by atoms with Gasteiger partial charge in [-0.2, -0.15) is 0 Å². The molecule has 2 aliphatic rings. The SMILES string of the molecule is Cc1cc(CN2CCn3cc(CC(=O)NCC4CCC4)nc3C2C)no1. The van der Waals surface area contributed by atoms with E-state index >= 15 is 0 Å². The van der Waals surface area contributed by atoms with Crippen LogP contribution in [0.2, 0.25) is 0 Å². The average molecular weight is 357 g/mol. The standard InChI is InChI=1S/C19H27N5O2/c1-13-8-17(22-26-13)12-23-6-7-24-11-16(21-19(24)14(23)2)9-18(25)20-10-15-4-3-5-15/h8,11,14-15H,3-7,9-10,12H2,1-2H3,(H,20,25). The highest BCUT2D eigenvalue weighted by atomic mass is 16.5. The van der Waals surface area contributed by atoms with Gasteiger partial charge in [0.15, 0.2) is 0 Å². The first-order valence-electron chi connectivity index (χ1n) is 9.57. The van der Waals surface area contributed by atoms with E-state index in [0.717, 1.165) is 49.2 Å². The Labute approximate surface area is 153 Å². The summed E-state index contributed by atoms with van der Waals surface area (Å²) in [5.74, 6) is 2.62. The molecule has 1 saturated carbocycles. The zero-order valence-corrected chi connectivity index (χ0v) is 15.6. The Balaban J connectivity index is 1.36. The van der Waals surface area contributed by atoms with Crippen LogP contribution in [0.5, 0.6) is 0 Å². The Morgan fingerprint density at radius 2 is 2.19 bits per heavy atom. The Hall–Kier alpha value is -2.15. The van der Waals surface area contributed by atoms with Crippen LogP contribution < -0.4 is 5.32 Å². The number of amides is 1. The number of imidazole rings is 1. The van der Waals surface area contributed by atoms with E-state index in [1.165, 1.54) is 19.3 Å². The van der Waals surface area contributed by atoms with Crippen LogP contribution in [-0.2, 0) is 24.3 Å². The van der Waals surface area contributed by atoms with Crippen molar-refractivity contribution in [2.24, 2.45) is 5.92 Å². The van der Waals surface area contributed by atoms with Crippen molar-refractivity contribution in [2.45, 2.75) is 58.7 Å². The fourth-order valence-corrected chi connectivity index (χ4v) is 3.78. The maximum absolute atomic E-state index is 12.2. The topological polar surface area (TPSA) is 76.2 Å². The third kappa shape index (κ3) is 3.67. The van der Waals surface area contributed by atoms with Crippen LogP contribution >= 0.6 is 0 Å². The van der Waals surface area contributed by atoms with Gasteiger partial charge < -0.3 is 14.4 Å². The van der Waals surface area contributed by atoms with Crippen molar-refractivity contribution >= 4 is 5.91 Å². The summed E-state index contributed by atoms with van der Waals surface area (Å²) >= 11 is 0. The number of nitrogens with zero attached hydrogens (tertiary/aromatic N) is 4. The molecule has 1 aliphatic heterocycles. The number of hydrogen-bond donors (Lipinski definition) is 1. The number of fused-ring (bicyclic) bond motifs is 1. The zero-order valence-electron chi connectivity index (χ0n) is 15.6. The molecule has 1 unspecified atom stereocenters. The lowest BCUT2D eigenvalue weighted by Gasteiger charge is -2.32. The second-order valence-corrected chi connectivity index (χ2v) is 7.64. The van der Waals surface area contributed by atoms with E-state index in [4.69, 9.17) is 9.51 Å². The summed E-state index contributed by atoms with van der Waals surface area (Å²) in [5, 5.41) is 7.15. The van der Waals surface area contributed by atoms with Gasteiger partial charge in [0.25, 0.3) is 0 Å². The summed E-state index contributed by atoms with van der Waals surface area (Å²) in [6, 6.07) is 2.17. The lowest BCUT2D eigenvalue weighted by atomic mass is 9.85.